The first-order chi connectivity index (χ1) is 17.6. The maximum Gasteiger partial charge on any atom is 0.406 e. The van der Waals surface area contributed by atoms with E-state index in [1.165, 1.54) is 18.4 Å². The number of hydrogen-bond acceptors (Lipinski definition) is 8. The van der Waals surface area contributed by atoms with Crippen molar-refractivity contribution in [3.8, 4) is 16.9 Å². The quantitative estimate of drug-likeness (QED) is 0.264. The number of nitrogens with zero attached hydrogens (tertiary/aromatic N) is 3. The summed E-state index contributed by atoms with van der Waals surface area (Å²) in [5, 5.41) is 19.1. The molecule has 0 aliphatic rings. The van der Waals surface area contributed by atoms with Gasteiger partial charge in [-0.2, -0.15) is 5.10 Å². The predicted molar refractivity (Wildman–Crippen MR) is 136 cm³/mol. The van der Waals surface area contributed by atoms with Gasteiger partial charge >= 0.3 is 6.09 Å². The Kier molecular flexibility index (Phi) is 8.48. The molecule has 188 valence electrons. The number of methoxy groups -OCH3 is 1. The van der Waals surface area contributed by atoms with Crippen LogP contribution in [0.2, 0.25) is 0 Å². The summed E-state index contributed by atoms with van der Waals surface area (Å²) in [5.41, 5.74) is 3.59. The molecular formula is C25H27N5O5S. The third-order valence-electron chi connectivity index (χ3n) is 5.37. The predicted octanol–water partition coefficient (Wildman–Crippen LogP) is 3.45. The summed E-state index contributed by atoms with van der Waals surface area (Å²) in [7, 11) is 1.30. The number of aliphatic hydroxyl groups excluding tert-OH is 1. The highest BCUT2D eigenvalue weighted by Gasteiger charge is 2.20. The van der Waals surface area contributed by atoms with Crippen molar-refractivity contribution in [2.75, 3.05) is 33.4 Å². The molecular weight excluding hydrogens is 482 g/mol. The number of H-pyrrole nitrogens is 1. The van der Waals surface area contributed by atoms with E-state index in [-0.39, 0.29) is 19.1 Å². The zero-order valence-corrected chi connectivity index (χ0v) is 20.6. The molecule has 10 nitrogen and oxygen atoms in total. The van der Waals surface area contributed by atoms with Gasteiger partial charge in [0.1, 0.15) is 12.4 Å². The van der Waals surface area contributed by atoms with Crippen LogP contribution in [0.15, 0.2) is 54.9 Å². The van der Waals surface area contributed by atoms with Gasteiger partial charge in [-0.1, -0.05) is 18.2 Å². The third kappa shape index (κ3) is 6.37. The number of amides is 2. The van der Waals surface area contributed by atoms with E-state index >= 15 is 0 Å². The smallest absolute Gasteiger partial charge is 0.406 e. The van der Waals surface area contributed by atoms with Gasteiger partial charge in [0.25, 0.3) is 5.91 Å². The molecule has 0 fully saturated rings. The summed E-state index contributed by atoms with van der Waals surface area (Å²) in [6.45, 7) is 1.29. The number of aromatic amines is 1. The van der Waals surface area contributed by atoms with Crippen molar-refractivity contribution in [3.63, 3.8) is 0 Å². The molecule has 0 unspecified atom stereocenters. The second-order valence-corrected chi connectivity index (χ2v) is 8.94. The maximum absolute atomic E-state index is 13.4. The normalized spacial score (nSPS) is 10.8. The van der Waals surface area contributed by atoms with Crippen molar-refractivity contribution in [1.29, 1.82) is 0 Å². The number of aliphatic hydroxyl groups is 1. The Bertz CT molecular complexity index is 1310. The lowest BCUT2D eigenvalue weighted by Gasteiger charge is -2.21. The standard InChI is InChI=1S/C25H27N5O5S/c1-34-25(33)26-8-11-35-20-5-2-4-17(12-20)16-30(9-3-10-31)24(32)23-29-21-7-6-18(13-22(21)36-23)19-14-27-28-15-19/h2,4-7,12-15,31H,3,8-11,16H2,1H3,(H,26,33)(H,27,28). The van der Waals surface area contributed by atoms with E-state index in [4.69, 9.17) is 4.74 Å². The molecule has 0 aliphatic heterocycles. The van der Waals surface area contributed by atoms with Crippen LogP contribution in [0.1, 0.15) is 21.8 Å². The molecule has 3 N–H and O–H groups in total. The summed E-state index contributed by atoms with van der Waals surface area (Å²) in [6.07, 6.45) is 3.51. The van der Waals surface area contributed by atoms with E-state index in [1.807, 2.05) is 48.7 Å². The topological polar surface area (TPSA) is 130 Å². The van der Waals surface area contributed by atoms with E-state index in [1.54, 1.807) is 11.1 Å². The molecule has 0 aliphatic carbocycles. The maximum atomic E-state index is 13.4. The van der Waals surface area contributed by atoms with Crippen LogP contribution in [0.25, 0.3) is 21.3 Å². The summed E-state index contributed by atoms with van der Waals surface area (Å²) >= 11 is 1.35. The molecule has 2 heterocycles. The van der Waals surface area contributed by atoms with Crippen LogP contribution in [0, 0.1) is 0 Å². The minimum absolute atomic E-state index is 0.0198. The van der Waals surface area contributed by atoms with Gasteiger partial charge in [0.05, 0.1) is 30.1 Å². The van der Waals surface area contributed by atoms with E-state index in [0.717, 1.165) is 26.9 Å². The van der Waals surface area contributed by atoms with E-state index in [2.05, 4.69) is 25.2 Å². The van der Waals surface area contributed by atoms with Gasteiger partial charge < -0.3 is 24.8 Å². The van der Waals surface area contributed by atoms with Gasteiger partial charge in [-0.15, -0.1) is 11.3 Å². The zero-order chi connectivity index (χ0) is 25.3. The average molecular weight is 510 g/mol. The number of benzene rings is 2. The summed E-state index contributed by atoms with van der Waals surface area (Å²) < 4.78 is 11.1. The third-order valence-corrected chi connectivity index (χ3v) is 6.38. The molecule has 4 rings (SSSR count). The number of hydrogen-bond donors (Lipinski definition) is 3. The molecule has 11 heteroatoms. The van der Waals surface area contributed by atoms with Crippen LogP contribution >= 0.6 is 11.3 Å². The first-order valence-corrected chi connectivity index (χ1v) is 12.2. The van der Waals surface area contributed by atoms with E-state index < -0.39 is 6.09 Å². The molecule has 0 bridgehead atoms. The molecule has 4 aromatic rings. The fourth-order valence-corrected chi connectivity index (χ4v) is 4.57. The van der Waals surface area contributed by atoms with Crippen LogP contribution in [0.4, 0.5) is 4.79 Å². The first-order valence-electron chi connectivity index (χ1n) is 11.4. The van der Waals surface area contributed by atoms with E-state index in [9.17, 15) is 14.7 Å². The van der Waals surface area contributed by atoms with Gasteiger partial charge in [0.15, 0.2) is 5.01 Å². The molecule has 0 saturated carbocycles. The molecule has 2 aromatic heterocycles. The Morgan fingerprint density at radius 3 is 2.86 bits per heavy atom. The molecule has 0 radical (unpaired) electrons. The average Bonchev–Trinajstić information content (AvgIpc) is 3.58. The SMILES string of the molecule is COC(=O)NCCOc1cccc(CN(CCCO)C(=O)c2nc3ccc(-c4cn[nH]c4)cc3s2)c1. The van der Waals surface area contributed by atoms with Gasteiger partial charge in [-0.25, -0.2) is 9.78 Å². The first kappa shape index (κ1) is 25.1. The summed E-state index contributed by atoms with van der Waals surface area (Å²) in [4.78, 5) is 30.8. The van der Waals surface area contributed by atoms with Crippen LogP contribution < -0.4 is 10.1 Å². The highest BCUT2D eigenvalue weighted by molar-refractivity contribution is 7.20. The zero-order valence-electron chi connectivity index (χ0n) is 19.8. The number of aromatic nitrogens is 3. The molecule has 0 atom stereocenters. The fourth-order valence-electron chi connectivity index (χ4n) is 3.60. The van der Waals surface area contributed by atoms with Crippen LogP contribution in [-0.4, -0.2) is 70.6 Å². The van der Waals surface area contributed by atoms with Crippen molar-refractivity contribution >= 4 is 33.6 Å². The lowest BCUT2D eigenvalue weighted by Crippen LogP contribution is -2.32. The lowest BCUT2D eigenvalue weighted by atomic mass is 10.1. The second kappa shape index (κ2) is 12.1. The Balaban J connectivity index is 1.46. The van der Waals surface area contributed by atoms with Crippen molar-refractivity contribution in [2.45, 2.75) is 13.0 Å². The van der Waals surface area contributed by atoms with Crippen molar-refractivity contribution in [1.82, 2.24) is 25.4 Å². The highest BCUT2D eigenvalue weighted by Crippen LogP contribution is 2.29. The number of fused-ring (bicyclic) bond motifs is 1. The van der Waals surface area contributed by atoms with Gasteiger partial charge in [0.2, 0.25) is 0 Å². The molecule has 36 heavy (non-hydrogen) atoms. The Morgan fingerprint density at radius 2 is 2.08 bits per heavy atom. The van der Waals surface area contributed by atoms with Crippen LogP contribution in [-0.2, 0) is 11.3 Å². The minimum atomic E-state index is -0.516. The molecule has 0 spiro atoms. The van der Waals surface area contributed by atoms with Crippen molar-refractivity contribution < 1.29 is 24.2 Å². The van der Waals surface area contributed by atoms with Gasteiger partial charge in [0, 0.05) is 31.5 Å². The number of carbonyl (C=O) groups excluding carboxylic acids is 2. The molecule has 2 amide bonds. The number of nitrogens with one attached hydrogen (secondary N) is 2. The highest BCUT2D eigenvalue weighted by atomic mass is 32.1. The Morgan fingerprint density at radius 1 is 1.19 bits per heavy atom. The summed E-state index contributed by atoms with van der Waals surface area (Å²) in [5.74, 6) is 0.434. The Labute approximate surface area is 211 Å². The Hall–Kier alpha value is -3.96. The number of carbonyl (C=O) groups is 2. The minimum Gasteiger partial charge on any atom is -0.492 e. The van der Waals surface area contributed by atoms with Gasteiger partial charge in [-0.05, 0) is 41.8 Å². The largest absolute Gasteiger partial charge is 0.492 e. The van der Waals surface area contributed by atoms with Crippen molar-refractivity contribution in [2.24, 2.45) is 0 Å². The lowest BCUT2D eigenvalue weighted by molar-refractivity contribution is 0.0731. The summed E-state index contributed by atoms with van der Waals surface area (Å²) in [6, 6.07) is 13.3. The number of rotatable bonds is 11. The second-order valence-electron chi connectivity index (χ2n) is 7.91. The van der Waals surface area contributed by atoms with Crippen molar-refractivity contribution in [3.05, 3.63) is 65.4 Å². The number of ether oxygens (including phenoxy) is 2. The van der Waals surface area contributed by atoms with Crippen LogP contribution in [0.5, 0.6) is 5.75 Å². The van der Waals surface area contributed by atoms with Crippen LogP contribution in [0.3, 0.4) is 0 Å². The number of alkyl carbamates (subject to hydrolysis) is 1. The fraction of sp³-hybridized carbons (Fsp3) is 0.280. The monoisotopic (exact) mass is 509 g/mol. The number of thiazole rings is 1. The van der Waals surface area contributed by atoms with Gasteiger partial charge in [-0.3, -0.25) is 9.89 Å². The molecule has 0 saturated heterocycles. The molecule has 2 aromatic carbocycles. The van der Waals surface area contributed by atoms with E-state index in [0.29, 0.717) is 36.8 Å².